The molecule has 0 aliphatic carbocycles. The molecular formula is C9H9N5O3. The number of nitrogens with one attached hydrogen (secondary N) is 1. The molecule has 8 heteroatoms. The first-order valence-corrected chi connectivity index (χ1v) is 4.67. The standard InChI is InChI=1S/C9H9N5O3/c1-5-10-8(16-2)12-9(11-5)17-7-4-3-6(15)13-14-7/h3-4H,1-2H3,(H,13,15). The van der Waals surface area contributed by atoms with Gasteiger partial charge in [-0.1, -0.05) is 0 Å². The second-order valence-electron chi connectivity index (χ2n) is 3.01. The molecule has 8 nitrogen and oxygen atoms in total. The van der Waals surface area contributed by atoms with Gasteiger partial charge in [0.25, 0.3) is 5.56 Å². The predicted octanol–water partition coefficient (Wildman–Crippen LogP) is 0.0642. The van der Waals surface area contributed by atoms with Gasteiger partial charge in [0.1, 0.15) is 5.82 Å². The SMILES string of the molecule is COc1nc(C)nc(Oc2ccc(=O)[nH]n2)n1. The highest BCUT2D eigenvalue weighted by atomic mass is 16.5. The Hall–Kier alpha value is -2.51. The third kappa shape index (κ3) is 2.74. The van der Waals surface area contributed by atoms with E-state index < -0.39 is 0 Å². The summed E-state index contributed by atoms with van der Waals surface area (Å²) in [7, 11) is 1.44. The first-order valence-electron chi connectivity index (χ1n) is 4.67. The Bertz CT molecular complexity index is 563. The molecule has 0 atom stereocenters. The molecule has 2 aromatic heterocycles. The smallest absolute Gasteiger partial charge is 0.329 e. The zero-order valence-corrected chi connectivity index (χ0v) is 9.17. The van der Waals surface area contributed by atoms with Crippen molar-refractivity contribution in [2.75, 3.05) is 7.11 Å². The fourth-order valence-corrected chi connectivity index (χ4v) is 1.05. The van der Waals surface area contributed by atoms with Crippen LogP contribution in [0, 0.1) is 6.92 Å². The summed E-state index contributed by atoms with van der Waals surface area (Å²) in [5.74, 6) is 0.633. The van der Waals surface area contributed by atoms with Gasteiger partial charge in [0, 0.05) is 12.1 Å². The summed E-state index contributed by atoms with van der Waals surface area (Å²) in [4.78, 5) is 22.5. The van der Waals surface area contributed by atoms with Crippen molar-refractivity contribution in [1.29, 1.82) is 0 Å². The van der Waals surface area contributed by atoms with Gasteiger partial charge in [0.2, 0.25) is 5.88 Å². The first-order chi connectivity index (χ1) is 8.17. The van der Waals surface area contributed by atoms with Gasteiger partial charge >= 0.3 is 12.0 Å². The molecule has 0 unspecified atom stereocenters. The van der Waals surface area contributed by atoms with Gasteiger partial charge < -0.3 is 9.47 Å². The molecule has 0 spiro atoms. The molecule has 0 aliphatic heterocycles. The zero-order chi connectivity index (χ0) is 12.3. The van der Waals surface area contributed by atoms with Crippen LogP contribution in [0.5, 0.6) is 17.9 Å². The zero-order valence-electron chi connectivity index (χ0n) is 9.17. The maximum Gasteiger partial charge on any atom is 0.329 e. The van der Waals surface area contributed by atoms with Gasteiger partial charge in [-0.2, -0.15) is 9.97 Å². The minimum Gasteiger partial charge on any atom is -0.467 e. The topological polar surface area (TPSA) is 103 Å². The van der Waals surface area contributed by atoms with E-state index in [1.54, 1.807) is 6.92 Å². The van der Waals surface area contributed by atoms with Gasteiger partial charge in [-0.25, -0.2) is 5.10 Å². The molecule has 0 aromatic carbocycles. The third-order valence-corrected chi connectivity index (χ3v) is 1.74. The van der Waals surface area contributed by atoms with Crippen molar-refractivity contribution in [1.82, 2.24) is 25.1 Å². The van der Waals surface area contributed by atoms with Crippen LogP contribution < -0.4 is 15.0 Å². The van der Waals surface area contributed by atoms with Crippen LogP contribution in [0.1, 0.15) is 5.82 Å². The molecule has 0 aliphatic rings. The average Bonchev–Trinajstić information content (AvgIpc) is 2.31. The molecule has 17 heavy (non-hydrogen) atoms. The van der Waals surface area contributed by atoms with E-state index >= 15 is 0 Å². The molecule has 88 valence electrons. The number of aromatic nitrogens is 5. The number of hydrogen-bond donors (Lipinski definition) is 1. The number of aromatic amines is 1. The highest BCUT2D eigenvalue weighted by Gasteiger charge is 2.06. The summed E-state index contributed by atoms with van der Waals surface area (Å²) in [6.07, 6.45) is 0. The van der Waals surface area contributed by atoms with Crippen molar-refractivity contribution < 1.29 is 9.47 Å². The molecule has 0 amide bonds. The quantitative estimate of drug-likeness (QED) is 0.802. The van der Waals surface area contributed by atoms with Crippen molar-refractivity contribution in [3.8, 4) is 17.9 Å². The lowest BCUT2D eigenvalue weighted by atomic mass is 10.6. The van der Waals surface area contributed by atoms with Gasteiger partial charge in [-0.3, -0.25) is 4.79 Å². The van der Waals surface area contributed by atoms with E-state index in [2.05, 4.69) is 25.1 Å². The van der Waals surface area contributed by atoms with Crippen LogP contribution in [-0.4, -0.2) is 32.3 Å². The molecule has 2 rings (SSSR count). The van der Waals surface area contributed by atoms with Crippen LogP contribution in [0.4, 0.5) is 0 Å². The van der Waals surface area contributed by atoms with Gasteiger partial charge in [0.15, 0.2) is 0 Å². The van der Waals surface area contributed by atoms with Crippen LogP contribution in [-0.2, 0) is 0 Å². The molecule has 1 N–H and O–H groups in total. The summed E-state index contributed by atoms with van der Waals surface area (Å²) in [6, 6.07) is 2.89. The molecule has 0 bridgehead atoms. The monoisotopic (exact) mass is 235 g/mol. The van der Waals surface area contributed by atoms with E-state index in [1.165, 1.54) is 19.2 Å². The third-order valence-electron chi connectivity index (χ3n) is 1.74. The number of rotatable bonds is 3. The van der Waals surface area contributed by atoms with Crippen LogP contribution >= 0.6 is 0 Å². The molecular weight excluding hydrogens is 226 g/mol. The van der Waals surface area contributed by atoms with E-state index in [4.69, 9.17) is 9.47 Å². The maximum absolute atomic E-state index is 10.8. The fourth-order valence-electron chi connectivity index (χ4n) is 1.05. The normalized spacial score (nSPS) is 10.0. The lowest BCUT2D eigenvalue weighted by molar-refractivity contribution is 0.352. The van der Waals surface area contributed by atoms with Crippen molar-refractivity contribution >= 4 is 0 Å². The molecule has 0 fully saturated rings. The number of hydrogen-bond acceptors (Lipinski definition) is 7. The molecule has 2 heterocycles. The highest BCUT2D eigenvalue weighted by Crippen LogP contribution is 2.14. The molecule has 0 radical (unpaired) electrons. The minimum atomic E-state index is -0.318. The Morgan fingerprint density at radius 2 is 1.94 bits per heavy atom. The van der Waals surface area contributed by atoms with E-state index in [1.807, 2.05) is 0 Å². The van der Waals surface area contributed by atoms with Gasteiger partial charge in [-0.15, -0.1) is 10.1 Å². The fraction of sp³-hybridized carbons (Fsp3) is 0.222. The summed E-state index contributed by atoms with van der Waals surface area (Å²) in [6.45, 7) is 1.68. The number of nitrogens with zero attached hydrogens (tertiary/aromatic N) is 4. The highest BCUT2D eigenvalue weighted by molar-refractivity contribution is 5.13. The Morgan fingerprint density at radius 1 is 1.18 bits per heavy atom. The van der Waals surface area contributed by atoms with E-state index in [-0.39, 0.29) is 23.5 Å². The Balaban J connectivity index is 2.26. The lowest BCUT2D eigenvalue weighted by Gasteiger charge is -2.03. The summed E-state index contributed by atoms with van der Waals surface area (Å²) in [5.41, 5.74) is -0.318. The van der Waals surface area contributed by atoms with Gasteiger partial charge in [0.05, 0.1) is 7.11 Å². The average molecular weight is 235 g/mol. The largest absolute Gasteiger partial charge is 0.467 e. The number of methoxy groups -OCH3 is 1. The van der Waals surface area contributed by atoms with Crippen LogP contribution in [0.15, 0.2) is 16.9 Å². The summed E-state index contributed by atoms with van der Waals surface area (Å²) in [5, 5.41) is 5.89. The lowest BCUT2D eigenvalue weighted by Crippen LogP contribution is -2.07. The molecule has 0 saturated heterocycles. The first kappa shape index (κ1) is 11.0. The van der Waals surface area contributed by atoms with Crippen LogP contribution in [0.3, 0.4) is 0 Å². The van der Waals surface area contributed by atoms with E-state index in [9.17, 15) is 4.79 Å². The van der Waals surface area contributed by atoms with E-state index in [0.717, 1.165) is 0 Å². The second kappa shape index (κ2) is 4.56. The van der Waals surface area contributed by atoms with Crippen molar-refractivity contribution in [2.45, 2.75) is 6.92 Å². The minimum absolute atomic E-state index is 0.0499. The Morgan fingerprint density at radius 3 is 2.59 bits per heavy atom. The van der Waals surface area contributed by atoms with Crippen LogP contribution in [0.25, 0.3) is 0 Å². The maximum atomic E-state index is 10.8. The summed E-state index contributed by atoms with van der Waals surface area (Å²) < 4.78 is 10.1. The van der Waals surface area contributed by atoms with E-state index in [0.29, 0.717) is 5.82 Å². The molecule has 2 aromatic rings. The Labute approximate surface area is 95.7 Å². The number of H-pyrrole nitrogens is 1. The van der Waals surface area contributed by atoms with Crippen molar-refractivity contribution in [3.63, 3.8) is 0 Å². The second-order valence-corrected chi connectivity index (χ2v) is 3.01. The van der Waals surface area contributed by atoms with Crippen molar-refractivity contribution in [2.24, 2.45) is 0 Å². The van der Waals surface area contributed by atoms with Crippen molar-refractivity contribution in [3.05, 3.63) is 28.3 Å². The molecule has 0 saturated carbocycles. The van der Waals surface area contributed by atoms with Gasteiger partial charge in [-0.05, 0) is 6.92 Å². The number of ether oxygens (including phenoxy) is 2. The summed E-state index contributed by atoms with van der Waals surface area (Å²) >= 11 is 0. The number of aryl methyl sites for hydroxylation is 1. The Kier molecular flexibility index (Phi) is 2.95. The van der Waals surface area contributed by atoms with Crippen LogP contribution in [0.2, 0.25) is 0 Å². The predicted molar refractivity (Wildman–Crippen MR) is 56.0 cm³/mol.